The second-order valence-corrected chi connectivity index (χ2v) is 9.75. The van der Waals surface area contributed by atoms with Gasteiger partial charge in [-0.05, 0) is 49.6 Å². The van der Waals surface area contributed by atoms with Gasteiger partial charge in [-0.3, -0.25) is 14.4 Å². The van der Waals surface area contributed by atoms with Crippen molar-refractivity contribution in [3.05, 3.63) is 60.2 Å². The fourth-order valence-electron chi connectivity index (χ4n) is 6.04. The average Bonchev–Trinajstić information content (AvgIpc) is 3.55. The third-order valence-corrected chi connectivity index (χ3v) is 7.70. The molecule has 0 radical (unpaired) electrons. The molecule has 5 rings (SSSR count). The highest BCUT2D eigenvalue weighted by Gasteiger charge is 2.74. The smallest absolute Gasteiger partial charge is 0.250 e. The number of carbonyl (C=O) groups excluding carboxylic acids is 3. The molecule has 3 amide bonds. The zero-order chi connectivity index (χ0) is 25.4. The van der Waals surface area contributed by atoms with Gasteiger partial charge in [-0.1, -0.05) is 30.3 Å². The fraction of sp³-hybridized carbons (Fsp3) is 0.444. The number of anilines is 1. The van der Waals surface area contributed by atoms with Crippen molar-refractivity contribution in [2.45, 2.75) is 50.1 Å². The molecule has 2 aromatic rings. The van der Waals surface area contributed by atoms with E-state index in [1.807, 2.05) is 30.3 Å². The lowest BCUT2D eigenvalue weighted by Crippen LogP contribution is -2.55. The fourth-order valence-corrected chi connectivity index (χ4v) is 6.04. The predicted molar refractivity (Wildman–Crippen MR) is 131 cm³/mol. The van der Waals surface area contributed by atoms with Crippen molar-refractivity contribution in [2.75, 3.05) is 19.0 Å². The average molecular weight is 494 g/mol. The number of ether oxygens (including phenoxy) is 2. The summed E-state index contributed by atoms with van der Waals surface area (Å²) in [5, 5.41) is 15.8. The number of aliphatic hydroxyl groups is 1. The van der Waals surface area contributed by atoms with Crippen LogP contribution in [0.4, 0.5) is 5.69 Å². The number of hydrogen-bond acceptors (Lipinski definition) is 6. The molecule has 3 aliphatic heterocycles. The third-order valence-electron chi connectivity index (χ3n) is 7.70. The summed E-state index contributed by atoms with van der Waals surface area (Å²) >= 11 is 0. The van der Waals surface area contributed by atoms with Crippen LogP contribution in [-0.4, -0.2) is 65.2 Å². The highest BCUT2D eigenvalue weighted by Crippen LogP contribution is 2.58. The Hall–Kier alpha value is -3.43. The molecule has 0 aliphatic carbocycles. The molecule has 1 spiro atoms. The van der Waals surface area contributed by atoms with E-state index in [1.54, 1.807) is 38.3 Å². The van der Waals surface area contributed by atoms with Crippen LogP contribution in [0.1, 0.15) is 25.3 Å². The van der Waals surface area contributed by atoms with Crippen LogP contribution in [0.5, 0.6) is 5.75 Å². The molecule has 3 N–H and O–H groups in total. The minimum absolute atomic E-state index is 0.253. The number of likely N-dealkylation sites (tertiary alicyclic amines) is 1. The molecule has 190 valence electrons. The van der Waals surface area contributed by atoms with E-state index >= 15 is 0 Å². The lowest BCUT2D eigenvalue weighted by atomic mass is 9.70. The zero-order valence-electron chi connectivity index (χ0n) is 20.3. The van der Waals surface area contributed by atoms with Gasteiger partial charge in [-0.15, -0.1) is 0 Å². The maximum atomic E-state index is 13.8. The number of methoxy groups -OCH3 is 1. The van der Waals surface area contributed by atoms with Gasteiger partial charge in [0, 0.05) is 12.2 Å². The standard InChI is InChI=1S/C27H31N3O6/c1-16(15-31)30-23(25(33)29-18-8-10-19(35-2)11-9-18)27-13-12-20(36-27)21(22(27)26(30)34)24(32)28-14-17-6-4-3-5-7-17/h3-11,16,20-23,31H,12-15H2,1-2H3,(H,28,32)(H,29,33)/t16-,20+,21-,22+,23?,27?/m1/s1. The molecule has 3 saturated heterocycles. The van der Waals surface area contributed by atoms with Crippen molar-refractivity contribution >= 4 is 23.4 Å². The number of nitrogens with one attached hydrogen (secondary N) is 2. The van der Waals surface area contributed by atoms with E-state index < -0.39 is 41.5 Å². The van der Waals surface area contributed by atoms with E-state index in [1.165, 1.54) is 4.90 Å². The summed E-state index contributed by atoms with van der Waals surface area (Å²) in [6.45, 7) is 1.73. The van der Waals surface area contributed by atoms with Crippen molar-refractivity contribution in [1.29, 1.82) is 0 Å². The Kier molecular flexibility index (Phi) is 6.44. The monoisotopic (exact) mass is 493 g/mol. The van der Waals surface area contributed by atoms with Crippen molar-refractivity contribution in [3.63, 3.8) is 0 Å². The molecule has 0 aromatic heterocycles. The molecule has 3 heterocycles. The number of fused-ring (bicyclic) bond motifs is 1. The lowest BCUT2D eigenvalue weighted by Gasteiger charge is -2.35. The maximum absolute atomic E-state index is 13.8. The molecular weight excluding hydrogens is 462 g/mol. The Labute approximate surface area is 209 Å². The normalized spacial score (nSPS) is 29.1. The number of nitrogens with zero attached hydrogens (tertiary/aromatic N) is 1. The van der Waals surface area contributed by atoms with E-state index in [-0.39, 0.29) is 18.4 Å². The number of aliphatic hydroxyl groups excluding tert-OH is 1. The Balaban J connectivity index is 1.42. The SMILES string of the molecule is COc1ccc(NC(=O)C2N([C@H](C)CO)C(=O)[C@@H]3[C@H](C(=O)NCc4ccccc4)[C@@H]4CCC23O4)cc1. The highest BCUT2D eigenvalue weighted by atomic mass is 16.5. The van der Waals surface area contributed by atoms with Crippen LogP contribution in [-0.2, 0) is 25.7 Å². The van der Waals surface area contributed by atoms with Gasteiger partial charge in [0.1, 0.15) is 17.4 Å². The van der Waals surface area contributed by atoms with Gasteiger partial charge < -0.3 is 30.1 Å². The largest absolute Gasteiger partial charge is 0.497 e. The van der Waals surface area contributed by atoms with Gasteiger partial charge >= 0.3 is 0 Å². The molecule has 9 nitrogen and oxygen atoms in total. The number of rotatable bonds is 8. The van der Waals surface area contributed by atoms with Crippen LogP contribution in [0.25, 0.3) is 0 Å². The molecule has 3 fully saturated rings. The Morgan fingerprint density at radius 3 is 2.56 bits per heavy atom. The van der Waals surface area contributed by atoms with E-state index in [0.717, 1.165) is 5.56 Å². The minimum atomic E-state index is -1.11. The Morgan fingerprint density at radius 1 is 1.17 bits per heavy atom. The number of hydrogen-bond donors (Lipinski definition) is 3. The summed E-state index contributed by atoms with van der Waals surface area (Å²) in [5.74, 6) is -1.80. The molecule has 2 aromatic carbocycles. The summed E-state index contributed by atoms with van der Waals surface area (Å²) in [7, 11) is 1.56. The molecule has 2 unspecified atom stereocenters. The molecule has 0 saturated carbocycles. The first kappa shape index (κ1) is 24.3. The topological polar surface area (TPSA) is 117 Å². The Morgan fingerprint density at radius 2 is 1.89 bits per heavy atom. The number of carbonyl (C=O) groups is 3. The molecular formula is C27H31N3O6. The van der Waals surface area contributed by atoms with Crippen molar-refractivity contribution in [1.82, 2.24) is 10.2 Å². The van der Waals surface area contributed by atoms with E-state index in [2.05, 4.69) is 10.6 Å². The van der Waals surface area contributed by atoms with Gasteiger partial charge in [-0.25, -0.2) is 0 Å². The molecule has 3 aliphatic rings. The van der Waals surface area contributed by atoms with Gasteiger partial charge in [0.05, 0.1) is 37.7 Å². The lowest BCUT2D eigenvalue weighted by molar-refractivity contribution is -0.143. The van der Waals surface area contributed by atoms with Crippen LogP contribution in [0.3, 0.4) is 0 Å². The van der Waals surface area contributed by atoms with E-state index in [4.69, 9.17) is 9.47 Å². The van der Waals surface area contributed by atoms with Crippen LogP contribution in [0.15, 0.2) is 54.6 Å². The van der Waals surface area contributed by atoms with Crippen molar-refractivity contribution in [3.8, 4) is 5.75 Å². The summed E-state index contributed by atoms with van der Waals surface area (Å²) in [5.41, 5.74) is 0.389. The van der Waals surface area contributed by atoms with Gasteiger partial charge in [0.2, 0.25) is 17.7 Å². The third kappa shape index (κ3) is 3.92. The van der Waals surface area contributed by atoms with Crippen LogP contribution in [0.2, 0.25) is 0 Å². The highest BCUT2D eigenvalue weighted by molar-refractivity contribution is 6.03. The Bertz CT molecular complexity index is 1140. The van der Waals surface area contributed by atoms with Crippen molar-refractivity contribution in [2.24, 2.45) is 11.8 Å². The second kappa shape index (κ2) is 9.55. The number of amides is 3. The summed E-state index contributed by atoms with van der Waals surface area (Å²) in [6.07, 6.45) is 0.643. The quantitative estimate of drug-likeness (QED) is 0.516. The maximum Gasteiger partial charge on any atom is 0.250 e. The van der Waals surface area contributed by atoms with Crippen LogP contribution in [0, 0.1) is 11.8 Å². The molecule has 2 bridgehead atoms. The second-order valence-electron chi connectivity index (χ2n) is 9.75. The van der Waals surface area contributed by atoms with E-state index in [0.29, 0.717) is 30.8 Å². The van der Waals surface area contributed by atoms with Crippen LogP contribution < -0.4 is 15.4 Å². The first-order valence-corrected chi connectivity index (χ1v) is 12.3. The predicted octanol–water partition coefficient (Wildman–Crippen LogP) is 1.71. The molecule has 9 heteroatoms. The molecule has 36 heavy (non-hydrogen) atoms. The van der Waals surface area contributed by atoms with Crippen molar-refractivity contribution < 1.29 is 29.0 Å². The summed E-state index contributed by atoms with van der Waals surface area (Å²) in [4.78, 5) is 42.2. The van der Waals surface area contributed by atoms with E-state index in [9.17, 15) is 19.5 Å². The molecule has 6 atom stereocenters. The van der Waals surface area contributed by atoms with Gasteiger partial charge in [-0.2, -0.15) is 0 Å². The van der Waals surface area contributed by atoms with Crippen LogP contribution >= 0.6 is 0 Å². The zero-order valence-corrected chi connectivity index (χ0v) is 20.3. The van der Waals surface area contributed by atoms with Gasteiger partial charge in [0.15, 0.2) is 0 Å². The summed E-state index contributed by atoms with van der Waals surface area (Å²) < 4.78 is 11.6. The summed E-state index contributed by atoms with van der Waals surface area (Å²) in [6, 6.07) is 14.9. The minimum Gasteiger partial charge on any atom is -0.497 e. The van der Waals surface area contributed by atoms with Gasteiger partial charge in [0.25, 0.3) is 0 Å². The first-order chi connectivity index (χ1) is 17.4. The number of benzene rings is 2. The first-order valence-electron chi connectivity index (χ1n) is 12.3.